The van der Waals surface area contributed by atoms with Crippen LogP contribution in [0.15, 0.2) is 62.6 Å². The lowest BCUT2D eigenvalue weighted by molar-refractivity contribution is 0.0968. The van der Waals surface area contributed by atoms with Gasteiger partial charge in [0.25, 0.3) is 10.0 Å². The molecule has 2 aliphatic carbocycles. The van der Waals surface area contributed by atoms with Crippen LogP contribution in [0.25, 0.3) is 0 Å². The molecule has 0 spiro atoms. The largest absolute Gasteiger partial charge is 0.506 e. The summed E-state index contributed by atoms with van der Waals surface area (Å²) in [6, 6.07) is 13.4. The molecule has 7 nitrogen and oxygen atoms in total. The third-order valence-electron chi connectivity index (χ3n) is 7.03. The van der Waals surface area contributed by atoms with E-state index in [0.717, 1.165) is 37.7 Å². The minimum absolute atomic E-state index is 0.0868. The zero-order chi connectivity index (χ0) is 25.4. The Hall–Kier alpha value is -3.39. The van der Waals surface area contributed by atoms with Gasteiger partial charge in [-0.15, -0.1) is 0 Å². The SMILES string of the molecule is Cc1ccc(S(=O)(=O)Nc2cccc(C(c3c(O)c4c(oc3=O)CCCCCC4=O)C3CC3)c2)cc1. The highest BCUT2D eigenvalue weighted by atomic mass is 32.2. The van der Waals surface area contributed by atoms with Crippen molar-refractivity contribution in [1.82, 2.24) is 0 Å². The van der Waals surface area contributed by atoms with Gasteiger partial charge in [-0.3, -0.25) is 9.52 Å². The van der Waals surface area contributed by atoms with Crippen LogP contribution in [0.5, 0.6) is 5.75 Å². The topological polar surface area (TPSA) is 114 Å². The number of aryl methyl sites for hydroxylation is 2. The summed E-state index contributed by atoms with van der Waals surface area (Å²) in [6.07, 6.45) is 4.85. The van der Waals surface area contributed by atoms with Gasteiger partial charge >= 0.3 is 5.63 Å². The number of hydrogen-bond donors (Lipinski definition) is 2. The fourth-order valence-electron chi connectivity index (χ4n) is 5.02. The number of ketones is 1. The number of benzene rings is 2. The first-order chi connectivity index (χ1) is 17.2. The summed E-state index contributed by atoms with van der Waals surface area (Å²) in [7, 11) is -3.81. The van der Waals surface area contributed by atoms with Gasteiger partial charge in [0.2, 0.25) is 0 Å². The van der Waals surface area contributed by atoms with Gasteiger partial charge in [-0.25, -0.2) is 13.2 Å². The Morgan fingerprint density at radius 3 is 2.44 bits per heavy atom. The van der Waals surface area contributed by atoms with Crippen LogP contribution in [0.3, 0.4) is 0 Å². The minimum Gasteiger partial charge on any atom is -0.506 e. The molecular formula is C28H29NO6S. The van der Waals surface area contributed by atoms with Crippen LogP contribution in [0.1, 0.15) is 77.3 Å². The summed E-state index contributed by atoms with van der Waals surface area (Å²) in [5.74, 6) is -0.643. The van der Waals surface area contributed by atoms with E-state index in [-0.39, 0.29) is 39.2 Å². The van der Waals surface area contributed by atoms with Crippen molar-refractivity contribution >= 4 is 21.5 Å². The Labute approximate surface area is 210 Å². The van der Waals surface area contributed by atoms with Crippen molar-refractivity contribution < 1.29 is 22.7 Å². The molecule has 1 saturated carbocycles. The number of rotatable bonds is 6. The highest BCUT2D eigenvalue weighted by Crippen LogP contribution is 2.49. The van der Waals surface area contributed by atoms with E-state index in [1.807, 2.05) is 13.0 Å². The number of hydrogen-bond acceptors (Lipinski definition) is 6. The van der Waals surface area contributed by atoms with Crippen LogP contribution in [0.4, 0.5) is 5.69 Å². The molecule has 2 aliphatic rings. The van der Waals surface area contributed by atoms with E-state index in [1.165, 1.54) is 0 Å². The first-order valence-electron chi connectivity index (χ1n) is 12.4. The number of nitrogens with one attached hydrogen (secondary N) is 1. The maximum atomic E-state index is 13.1. The zero-order valence-electron chi connectivity index (χ0n) is 20.1. The number of Topliss-reactive ketones (excluding diaryl/α,β-unsaturated/α-hetero) is 1. The van der Waals surface area contributed by atoms with Gasteiger partial charge < -0.3 is 9.52 Å². The number of aromatic hydroxyl groups is 1. The molecule has 0 radical (unpaired) electrons. The number of carbonyl (C=O) groups is 1. The van der Waals surface area contributed by atoms with Gasteiger partial charge in [0.1, 0.15) is 11.5 Å². The van der Waals surface area contributed by atoms with E-state index in [1.54, 1.807) is 42.5 Å². The molecule has 0 aliphatic heterocycles. The normalized spacial score (nSPS) is 17.1. The summed E-state index contributed by atoms with van der Waals surface area (Å²) in [6.45, 7) is 1.88. The quantitative estimate of drug-likeness (QED) is 0.468. The summed E-state index contributed by atoms with van der Waals surface area (Å²) >= 11 is 0. The summed E-state index contributed by atoms with van der Waals surface area (Å²) in [5.41, 5.74) is 1.57. The monoisotopic (exact) mass is 507 g/mol. The van der Waals surface area contributed by atoms with Crippen LogP contribution in [-0.4, -0.2) is 19.3 Å². The fourth-order valence-corrected chi connectivity index (χ4v) is 6.07. The van der Waals surface area contributed by atoms with Crippen LogP contribution in [0, 0.1) is 12.8 Å². The van der Waals surface area contributed by atoms with Crippen molar-refractivity contribution in [1.29, 1.82) is 0 Å². The lowest BCUT2D eigenvalue weighted by atomic mass is 9.85. The molecule has 1 atom stereocenters. The molecule has 36 heavy (non-hydrogen) atoms. The molecule has 1 aromatic heterocycles. The van der Waals surface area contributed by atoms with Crippen molar-refractivity contribution in [2.45, 2.75) is 62.7 Å². The second kappa shape index (κ2) is 9.58. The first kappa shape index (κ1) is 24.3. The third kappa shape index (κ3) is 4.82. The number of anilines is 1. The van der Waals surface area contributed by atoms with E-state index >= 15 is 0 Å². The molecule has 3 aromatic rings. The minimum atomic E-state index is -3.81. The second-order valence-corrected chi connectivity index (χ2v) is 11.5. The highest BCUT2D eigenvalue weighted by Gasteiger charge is 2.39. The smallest absolute Gasteiger partial charge is 0.343 e. The van der Waals surface area contributed by atoms with E-state index in [4.69, 9.17) is 4.42 Å². The Morgan fingerprint density at radius 1 is 1.00 bits per heavy atom. The van der Waals surface area contributed by atoms with Crippen LogP contribution in [-0.2, 0) is 16.4 Å². The predicted octanol–water partition coefficient (Wildman–Crippen LogP) is 5.30. The number of fused-ring (bicyclic) bond motifs is 1. The van der Waals surface area contributed by atoms with Crippen molar-refractivity contribution in [3.8, 4) is 5.75 Å². The van der Waals surface area contributed by atoms with Crippen LogP contribution in [0.2, 0.25) is 0 Å². The lowest BCUT2D eigenvalue weighted by Crippen LogP contribution is -2.21. The molecule has 0 amide bonds. The third-order valence-corrected chi connectivity index (χ3v) is 8.42. The van der Waals surface area contributed by atoms with Crippen LogP contribution < -0.4 is 10.3 Å². The average Bonchev–Trinajstić information content (AvgIpc) is 3.65. The molecule has 2 aromatic carbocycles. The molecule has 8 heteroatoms. The predicted molar refractivity (Wildman–Crippen MR) is 136 cm³/mol. The second-order valence-electron chi connectivity index (χ2n) is 9.79. The van der Waals surface area contributed by atoms with Gasteiger partial charge in [-0.05, 0) is 68.4 Å². The molecule has 188 valence electrons. The van der Waals surface area contributed by atoms with Gasteiger partial charge in [0.15, 0.2) is 5.78 Å². The molecule has 0 bridgehead atoms. The van der Waals surface area contributed by atoms with Gasteiger partial charge in [-0.2, -0.15) is 0 Å². The molecular weight excluding hydrogens is 478 g/mol. The molecule has 1 heterocycles. The van der Waals surface area contributed by atoms with E-state index in [0.29, 0.717) is 24.1 Å². The zero-order valence-corrected chi connectivity index (χ0v) is 20.9. The van der Waals surface area contributed by atoms with Gasteiger partial charge in [0, 0.05) is 24.4 Å². The van der Waals surface area contributed by atoms with E-state index in [9.17, 15) is 23.1 Å². The van der Waals surface area contributed by atoms with Crippen molar-refractivity contribution in [3.63, 3.8) is 0 Å². The van der Waals surface area contributed by atoms with Crippen molar-refractivity contribution in [2.24, 2.45) is 5.92 Å². The van der Waals surface area contributed by atoms with Gasteiger partial charge in [0.05, 0.1) is 16.0 Å². The number of sulfonamides is 1. The lowest BCUT2D eigenvalue weighted by Gasteiger charge is -2.21. The van der Waals surface area contributed by atoms with E-state index in [2.05, 4.69) is 4.72 Å². The van der Waals surface area contributed by atoms with Crippen molar-refractivity contribution in [2.75, 3.05) is 4.72 Å². The number of carbonyl (C=O) groups excluding carboxylic acids is 1. The summed E-state index contributed by atoms with van der Waals surface area (Å²) in [5, 5.41) is 11.2. The Balaban J connectivity index is 1.54. The Bertz CT molecular complexity index is 1470. The van der Waals surface area contributed by atoms with Crippen LogP contribution >= 0.6 is 0 Å². The highest BCUT2D eigenvalue weighted by molar-refractivity contribution is 7.92. The first-order valence-corrected chi connectivity index (χ1v) is 13.8. The molecule has 1 unspecified atom stereocenters. The molecule has 5 rings (SSSR count). The molecule has 1 fully saturated rings. The fraction of sp³-hybridized carbons (Fsp3) is 0.357. The maximum Gasteiger partial charge on any atom is 0.343 e. The van der Waals surface area contributed by atoms with E-state index < -0.39 is 21.6 Å². The Kier molecular flexibility index (Phi) is 6.47. The summed E-state index contributed by atoms with van der Waals surface area (Å²) in [4.78, 5) is 26.1. The molecule has 0 saturated heterocycles. The Morgan fingerprint density at radius 2 is 1.72 bits per heavy atom. The van der Waals surface area contributed by atoms with Crippen molar-refractivity contribution in [3.05, 3.63) is 87.0 Å². The summed E-state index contributed by atoms with van der Waals surface area (Å²) < 4.78 is 34.1. The maximum absolute atomic E-state index is 13.1. The molecule has 2 N–H and O–H groups in total. The average molecular weight is 508 g/mol. The van der Waals surface area contributed by atoms with Gasteiger partial charge in [-0.1, -0.05) is 36.2 Å². The standard InChI is InChI=1S/C28H29NO6S/c1-17-10-14-21(15-11-17)36(33,34)29-20-7-5-6-19(16-20)24(18-12-13-18)26-27(31)25-22(30)8-3-2-4-9-23(25)35-28(26)32/h5-7,10-11,14-16,18,24,29,31H,2-4,8-9,12-13H2,1H3.